The summed E-state index contributed by atoms with van der Waals surface area (Å²) in [7, 11) is 0. The number of rotatable bonds is 2. The smallest absolute Gasteiger partial charge is 0.293 e. The van der Waals surface area contributed by atoms with Gasteiger partial charge in [-0.25, -0.2) is 0 Å². The number of nitrogens with zero attached hydrogens (tertiary/aromatic N) is 3. The molecule has 1 atom stereocenters. The van der Waals surface area contributed by atoms with Gasteiger partial charge in [-0.15, -0.1) is 0 Å². The molecule has 0 aromatic heterocycles. The Morgan fingerprint density at radius 1 is 1.56 bits per heavy atom. The molecule has 6 nitrogen and oxygen atoms in total. The van der Waals surface area contributed by atoms with Crippen LogP contribution < -0.4 is 4.90 Å². The van der Waals surface area contributed by atoms with Gasteiger partial charge in [-0.05, 0) is 25.0 Å². The number of β-amino-alcohol motifs (C(OH)–C–C–N with tert-alkyl or cyclic N) is 1. The number of nitro groups is 1. The predicted molar refractivity (Wildman–Crippen MR) is 65.3 cm³/mol. The third kappa shape index (κ3) is 2.41. The Hall–Kier alpha value is -2.13. The van der Waals surface area contributed by atoms with Crippen molar-refractivity contribution in [3.05, 3.63) is 33.9 Å². The molecule has 1 saturated heterocycles. The summed E-state index contributed by atoms with van der Waals surface area (Å²) in [5, 5.41) is 29.4. The van der Waals surface area contributed by atoms with E-state index in [1.807, 2.05) is 6.07 Å². The van der Waals surface area contributed by atoms with Crippen LogP contribution in [0, 0.1) is 21.4 Å². The van der Waals surface area contributed by atoms with Crippen LogP contribution in [0.3, 0.4) is 0 Å². The van der Waals surface area contributed by atoms with Crippen LogP contribution in [0.4, 0.5) is 11.4 Å². The molecular formula is C12H13N3O3. The molecule has 0 aliphatic carbocycles. The van der Waals surface area contributed by atoms with Crippen molar-refractivity contribution >= 4 is 11.4 Å². The first-order valence-electron chi connectivity index (χ1n) is 5.73. The molecule has 0 bridgehead atoms. The molecule has 1 fully saturated rings. The molecule has 0 saturated carbocycles. The van der Waals surface area contributed by atoms with E-state index in [4.69, 9.17) is 5.26 Å². The largest absolute Gasteiger partial charge is 0.391 e. The van der Waals surface area contributed by atoms with E-state index in [9.17, 15) is 15.2 Å². The van der Waals surface area contributed by atoms with Gasteiger partial charge in [0.2, 0.25) is 0 Å². The zero-order chi connectivity index (χ0) is 13.1. The lowest BCUT2D eigenvalue weighted by molar-refractivity contribution is -0.384. The van der Waals surface area contributed by atoms with E-state index in [0.29, 0.717) is 18.8 Å². The van der Waals surface area contributed by atoms with Crippen LogP contribution in [0.1, 0.15) is 18.4 Å². The second kappa shape index (κ2) is 5.02. The molecule has 6 heteroatoms. The highest BCUT2D eigenvalue weighted by Gasteiger charge is 2.24. The van der Waals surface area contributed by atoms with Crippen LogP contribution >= 0.6 is 0 Å². The quantitative estimate of drug-likeness (QED) is 0.630. The average Bonchev–Trinajstić information content (AvgIpc) is 2.38. The Balaban J connectivity index is 2.37. The number of benzene rings is 1. The fourth-order valence-corrected chi connectivity index (χ4v) is 2.18. The van der Waals surface area contributed by atoms with E-state index in [0.717, 1.165) is 12.8 Å². The summed E-state index contributed by atoms with van der Waals surface area (Å²) in [5.74, 6) is 0. The lowest BCUT2D eigenvalue weighted by atomic mass is 10.1. The number of piperidine rings is 1. The van der Waals surface area contributed by atoms with E-state index in [2.05, 4.69) is 0 Å². The lowest BCUT2D eigenvalue weighted by Gasteiger charge is -2.31. The van der Waals surface area contributed by atoms with E-state index < -0.39 is 11.0 Å². The zero-order valence-corrected chi connectivity index (χ0v) is 9.74. The number of anilines is 1. The number of nitriles is 1. The third-order valence-corrected chi connectivity index (χ3v) is 3.04. The minimum atomic E-state index is -0.489. The maximum Gasteiger partial charge on any atom is 0.293 e. The third-order valence-electron chi connectivity index (χ3n) is 3.04. The van der Waals surface area contributed by atoms with E-state index >= 15 is 0 Å². The molecule has 94 valence electrons. The van der Waals surface area contributed by atoms with Crippen LogP contribution in [0.5, 0.6) is 0 Å². The van der Waals surface area contributed by atoms with Crippen molar-refractivity contribution in [3.63, 3.8) is 0 Å². The van der Waals surface area contributed by atoms with Gasteiger partial charge in [0.15, 0.2) is 0 Å². The van der Waals surface area contributed by atoms with Crippen LogP contribution in [-0.4, -0.2) is 29.2 Å². The van der Waals surface area contributed by atoms with Crippen LogP contribution in [0.2, 0.25) is 0 Å². The van der Waals surface area contributed by atoms with Crippen molar-refractivity contribution in [2.24, 2.45) is 0 Å². The summed E-state index contributed by atoms with van der Waals surface area (Å²) in [6.07, 6.45) is 1.08. The van der Waals surface area contributed by atoms with Gasteiger partial charge >= 0.3 is 0 Å². The molecule has 2 rings (SSSR count). The Bertz CT molecular complexity index is 510. The van der Waals surface area contributed by atoms with E-state index in [-0.39, 0.29) is 11.3 Å². The number of hydrogen-bond acceptors (Lipinski definition) is 5. The second-order valence-electron chi connectivity index (χ2n) is 4.31. The van der Waals surface area contributed by atoms with Crippen LogP contribution in [0.25, 0.3) is 0 Å². The molecule has 1 N–H and O–H groups in total. The Kier molecular flexibility index (Phi) is 3.44. The molecule has 1 aromatic carbocycles. The number of aliphatic hydroxyl groups is 1. The van der Waals surface area contributed by atoms with Crippen LogP contribution in [-0.2, 0) is 0 Å². The van der Waals surface area contributed by atoms with E-state index in [1.54, 1.807) is 17.0 Å². The van der Waals surface area contributed by atoms with Gasteiger partial charge < -0.3 is 10.0 Å². The Morgan fingerprint density at radius 2 is 2.33 bits per heavy atom. The topological polar surface area (TPSA) is 90.4 Å². The van der Waals surface area contributed by atoms with Crippen molar-refractivity contribution < 1.29 is 10.0 Å². The average molecular weight is 247 g/mol. The van der Waals surface area contributed by atoms with Crippen molar-refractivity contribution in [3.8, 4) is 6.07 Å². The first kappa shape index (κ1) is 12.3. The molecule has 0 radical (unpaired) electrons. The molecule has 1 heterocycles. The van der Waals surface area contributed by atoms with Gasteiger partial charge in [-0.3, -0.25) is 10.1 Å². The van der Waals surface area contributed by atoms with Crippen molar-refractivity contribution in [1.29, 1.82) is 5.26 Å². The minimum Gasteiger partial charge on any atom is -0.391 e. The molecular weight excluding hydrogens is 234 g/mol. The summed E-state index contributed by atoms with van der Waals surface area (Å²) >= 11 is 0. The molecule has 1 aliphatic rings. The van der Waals surface area contributed by atoms with Crippen LogP contribution in [0.15, 0.2) is 18.2 Å². The van der Waals surface area contributed by atoms with Crippen molar-refractivity contribution in [1.82, 2.24) is 0 Å². The maximum atomic E-state index is 11.0. The molecule has 0 unspecified atom stereocenters. The summed E-state index contributed by atoms with van der Waals surface area (Å²) in [6, 6.07) is 6.30. The maximum absolute atomic E-state index is 11.0. The highest BCUT2D eigenvalue weighted by Crippen LogP contribution is 2.31. The fourth-order valence-electron chi connectivity index (χ4n) is 2.18. The summed E-state index contributed by atoms with van der Waals surface area (Å²) < 4.78 is 0. The fraction of sp³-hybridized carbons (Fsp3) is 0.417. The lowest BCUT2D eigenvalue weighted by Crippen LogP contribution is -2.38. The molecule has 0 amide bonds. The highest BCUT2D eigenvalue weighted by atomic mass is 16.6. The van der Waals surface area contributed by atoms with Gasteiger partial charge in [0.1, 0.15) is 5.69 Å². The number of nitro benzene ring substituents is 1. The zero-order valence-electron chi connectivity index (χ0n) is 9.74. The Labute approximate surface area is 104 Å². The van der Waals surface area contributed by atoms with Crippen molar-refractivity contribution in [2.45, 2.75) is 18.9 Å². The molecule has 18 heavy (non-hydrogen) atoms. The molecule has 0 spiro atoms. The van der Waals surface area contributed by atoms with Gasteiger partial charge in [0.05, 0.1) is 22.7 Å². The van der Waals surface area contributed by atoms with E-state index in [1.165, 1.54) is 6.07 Å². The van der Waals surface area contributed by atoms with Gasteiger partial charge in [-0.2, -0.15) is 5.26 Å². The first-order chi connectivity index (χ1) is 8.61. The monoisotopic (exact) mass is 247 g/mol. The van der Waals surface area contributed by atoms with Gasteiger partial charge in [0, 0.05) is 19.2 Å². The Morgan fingerprint density at radius 3 is 2.94 bits per heavy atom. The molecule has 1 aromatic rings. The SMILES string of the molecule is N#Cc1ccc(N2CCC[C@@H](O)C2)c([N+](=O)[O-])c1. The summed E-state index contributed by atoms with van der Waals surface area (Å²) in [5.41, 5.74) is 0.656. The second-order valence-corrected chi connectivity index (χ2v) is 4.31. The first-order valence-corrected chi connectivity index (χ1v) is 5.73. The standard InChI is InChI=1S/C12H13N3O3/c13-7-9-3-4-11(12(6-9)15(17)18)14-5-1-2-10(16)8-14/h3-4,6,10,16H,1-2,5,8H2/t10-/m1/s1. The predicted octanol–water partition coefficient (Wildman–Crippen LogP) is 1.43. The molecule has 1 aliphatic heterocycles. The normalized spacial score (nSPS) is 19.3. The summed E-state index contributed by atoms with van der Waals surface area (Å²) in [4.78, 5) is 12.3. The van der Waals surface area contributed by atoms with Gasteiger partial charge in [0.25, 0.3) is 5.69 Å². The summed E-state index contributed by atoms with van der Waals surface area (Å²) in [6.45, 7) is 1.08. The van der Waals surface area contributed by atoms with Crippen molar-refractivity contribution in [2.75, 3.05) is 18.0 Å². The number of aliphatic hydroxyl groups excluding tert-OH is 1. The van der Waals surface area contributed by atoms with Gasteiger partial charge in [-0.1, -0.05) is 0 Å². The minimum absolute atomic E-state index is 0.0804. The highest BCUT2D eigenvalue weighted by molar-refractivity contribution is 5.65. The number of hydrogen-bond donors (Lipinski definition) is 1.